The molecule has 1 aromatic carbocycles. The van der Waals surface area contributed by atoms with E-state index in [4.69, 9.17) is 11.6 Å². The molecular weight excluding hydrogens is 330 g/mol. The van der Waals surface area contributed by atoms with Crippen LogP contribution in [0.3, 0.4) is 0 Å². The Hall–Kier alpha value is -2.06. The summed E-state index contributed by atoms with van der Waals surface area (Å²) in [6.07, 6.45) is 1.87. The molecule has 0 spiro atoms. The van der Waals surface area contributed by atoms with Crippen molar-refractivity contribution in [1.82, 2.24) is 0 Å². The normalized spacial score (nSPS) is 13.0. The first kappa shape index (κ1) is 20.0. The minimum Gasteiger partial charge on any atom is -0.468 e. The van der Waals surface area contributed by atoms with Gasteiger partial charge >= 0.3 is 11.9 Å². The highest BCUT2D eigenvalue weighted by atomic mass is 35.5. The van der Waals surface area contributed by atoms with Crippen LogP contribution in [0.25, 0.3) is 0 Å². The number of nitrogens with zero attached hydrogens (tertiary/aromatic N) is 1. The topological polar surface area (TPSA) is 76.4 Å². The van der Waals surface area contributed by atoms with Crippen molar-refractivity contribution in [2.45, 2.75) is 38.0 Å². The molecule has 0 radical (unpaired) electrons. The molecule has 1 rings (SSSR count). The van der Waals surface area contributed by atoms with Crippen LogP contribution in [0.5, 0.6) is 0 Å². The van der Waals surface area contributed by atoms with E-state index in [0.29, 0.717) is 17.9 Å². The van der Waals surface area contributed by atoms with Crippen LogP contribution < -0.4 is 0 Å². The highest BCUT2D eigenvalue weighted by molar-refractivity contribution is 6.30. The van der Waals surface area contributed by atoms with E-state index in [-0.39, 0.29) is 6.42 Å². The standard InChI is InChI=1S/C18H22ClNO4/c1-4-9-18(12-20,13-6-5-7-14(19)11-13)10-8-15(16(21)23-2)17(22)24-3/h5-7,11,15H,4,8-10H2,1-3H3. The van der Waals surface area contributed by atoms with Gasteiger partial charge in [-0.2, -0.15) is 5.26 Å². The lowest BCUT2D eigenvalue weighted by atomic mass is 9.73. The molecule has 5 nitrogen and oxygen atoms in total. The summed E-state index contributed by atoms with van der Waals surface area (Å²) < 4.78 is 9.35. The summed E-state index contributed by atoms with van der Waals surface area (Å²) in [7, 11) is 2.44. The quantitative estimate of drug-likeness (QED) is 0.528. The van der Waals surface area contributed by atoms with Gasteiger partial charge in [0.1, 0.15) is 0 Å². The van der Waals surface area contributed by atoms with Gasteiger partial charge in [-0.15, -0.1) is 0 Å². The second-order valence-corrected chi connectivity index (χ2v) is 6.03. The number of esters is 2. The summed E-state index contributed by atoms with van der Waals surface area (Å²) in [6, 6.07) is 9.50. The molecule has 1 atom stereocenters. The predicted molar refractivity (Wildman–Crippen MR) is 90.4 cm³/mol. The van der Waals surface area contributed by atoms with Gasteiger partial charge in [0.2, 0.25) is 0 Å². The highest BCUT2D eigenvalue weighted by Crippen LogP contribution is 2.36. The molecule has 0 saturated carbocycles. The molecule has 1 aromatic rings. The maximum absolute atomic E-state index is 11.8. The maximum Gasteiger partial charge on any atom is 0.320 e. The fourth-order valence-corrected chi connectivity index (χ4v) is 3.00. The van der Waals surface area contributed by atoms with E-state index in [1.807, 2.05) is 13.0 Å². The summed E-state index contributed by atoms with van der Waals surface area (Å²) in [5, 5.41) is 10.4. The zero-order valence-corrected chi connectivity index (χ0v) is 14.9. The van der Waals surface area contributed by atoms with Crippen molar-refractivity contribution in [3.05, 3.63) is 34.9 Å². The van der Waals surface area contributed by atoms with Gasteiger partial charge in [-0.25, -0.2) is 0 Å². The van der Waals surface area contributed by atoms with E-state index in [1.165, 1.54) is 14.2 Å². The Kier molecular flexibility index (Phi) is 7.73. The zero-order valence-electron chi connectivity index (χ0n) is 14.2. The second kappa shape index (κ2) is 9.29. The van der Waals surface area contributed by atoms with E-state index < -0.39 is 23.3 Å². The van der Waals surface area contributed by atoms with Crippen LogP contribution in [0.1, 0.15) is 38.2 Å². The first-order valence-corrected chi connectivity index (χ1v) is 8.14. The zero-order chi connectivity index (χ0) is 18.2. The molecule has 0 amide bonds. The number of halogens is 1. The Morgan fingerprint density at radius 1 is 1.25 bits per heavy atom. The van der Waals surface area contributed by atoms with Crippen molar-refractivity contribution in [2.24, 2.45) is 5.92 Å². The van der Waals surface area contributed by atoms with Crippen LogP contribution in [0.2, 0.25) is 5.02 Å². The molecule has 0 heterocycles. The summed E-state index contributed by atoms with van der Waals surface area (Å²) in [4.78, 5) is 23.7. The molecule has 0 aromatic heterocycles. The molecule has 1 unspecified atom stereocenters. The molecule has 130 valence electrons. The van der Waals surface area contributed by atoms with E-state index in [0.717, 1.165) is 12.0 Å². The predicted octanol–water partition coefficient (Wildman–Crippen LogP) is 3.64. The average molecular weight is 352 g/mol. The third-order valence-corrected chi connectivity index (χ3v) is 4.33. The molecule has 0 fully saturated rings. The summed E-state index contributed by atoms with van der Waals surface area (Å²) >= 11 is 6.06. The van der Waals surface area contributed by atoms with E-state index in [2.05, 4.69) is 15.5 Å². The number of carbonyl (C=O) groups is 2. The molecule has 24 heavy (non-hydrogen) atoms. The van der Waals surface area contributed by atoms with E-state index in [9.17, 15) is 14.9 Å². The molecule has 0 bridgehead atoms. The number of nitriles is 1. The molecule has 0 N–H and O–H groups in total. The second-order valence-electron chi connectivity index (χ2n) is 5.59. The van der Waals surface area contributed by atoms with Crippen molar-refractivity contribution in [3.63, 3.8) is 0 Å². The van der Waals surface area contributed by atoms with Crippen molar-refractivity contribution in [2.75, 3.05) is 14.2 Å². The Bertz CT molecular complexity index is 610. The lowest BCUT2D eigenvalue weighted by Gasteiger charge is -2.28. The Morgan fingerprint density at radius 3 is 2.33 bits per heavy atom. The van der Waals surface area contributed by atoms with Crippen LogP contribution in [-0.2, 0) is 24.5 Å². The van der Waals surface area contributed by atoms with Crippen LogP contribution in [0.4, 0.5) is 0 Å². The van der Waals surface area contributed by atoms with Crippen LogP contribution in [0.15, 0.2) is 24.3 Å². The third-order valence-electron chi connectivity index (χ3n) is 4.10. The summed E-state index contributed by atoms with van der Waals surface area (Å²) in [6.45, 7) is 1.98. The van der Waals surface area contributed by atoms with Crippen molar-refractivity contribution < 1.29 is 19.1 Å². The average Bonchev–Trinajstić information content (AvgIpc) is 2.60. The van der Waals surface area contributed by atoms with Gasteiger partial charge < -0.3 is 9.47 Å². The van der Waals surface area contributed by atoms with Crippen molar-refractivity contribution in [3.8, 4) is 6.07 Å². The fourth-order valence-electron chi connectivity index (χ4n) is 2.81. The van der Waals surface area contributed by atoms with Gasteiger partial charge in [-0.1, -0.05) is 37.1 Å². The van der Waals surface area contributed by atoms with Crippen molar-refractivity contribution in [1.29, 1.82) is 5.26 Å². The number of benzene rings is 1. The van der Waals surface area contributed by atoms with Gasteiger partial charge in [-0.3, -0.25) is 9.59 Å². The van der Waals surface area contributed by atoms with Crippen LogP contribution in [-0.4, -0.2) is 26.2 Å². The van der Waals surface area contributed by atoms with Crippen LogP contribution in [0, 0.1) is 17.2 Å². The number of methoxy groups -OCH3 is 2. The van der Waals surface area contributed by atoms with Gasteiger partial charge in [0.05, 0.1) is 25.7 Å². The minimum atomic E-state index is -1.04. The summed E-state index contributed by atoms with van der Waals surface area (Å²) in [5.41, 5.74) is -0.0345. The Balaban J connectivity index is 3.12. The molecular formula is C18H22ClNO4. The van der Waals surface area contributed by atoms with Gasteiger partial charge in [0.15, 0.2) is 5.92 Å². The summed E-state index contributed by atoms with van der Waals surface area (Å²) in [5.74, 6) is -2.35. The minimum absolute atomic E-state index is 0.166. The first-order chi connectivity index (χ1) is 11.4. The number of rotatable bonds is 8. The number of carbonyl (C=O) groups excluding carboxylic acids is 2. The third kappa shape index (κ3) is 4.72. The lowest BCUT2D eigenvalue weighted by molar-refractivity contribution is -0.159. The SMILES string of the molecule is CCCC(C#N)(CCC(C(=O)OC)C(=O)OC)c1cccc(Cl)c1. The Morgan fingerprint density at radius 2 is 1.88 bits per heavy atom. The first-order valence-electron chi connectivity index (χ1n) is 7.77. The van der Waals surface area contributed by atoms with Gasteiger partial charge in [0.25, 0.3) is 0 Å². The van der Waals surface area contributed by atoms with Crippen LogP contribution >= 0.6 is 11.6 Å². The molecule has 0 aliphatic carbocycles. The monoisotopic (exact) mass is 351 g/mol. The maximum atomic E-state index is 11.8. The van der Waals surface area contributed by atoms with Gasteiger partial charge in [0, 0.05) is 5.02 Å². The van der Waals surface area contributed by atoms with E-state index in [1.54, 1.807) is 18.2 Å². The van der Waals surface area contributed by atoms with Crippen molar-refractivity contribution >= 4 is 23.5 Å². The molecule has 6 heteroatoms. The van der Waals surface area contributed by atoms with E-state index >= 15 is 0 Å². The Labute approximate surface area is 147 Å². The number of hydrogen-bond donors (Lipinski definition) is 0. The fraction of sp³-hybridized carbons (Fsp3) is 0.500. The largest absolute Gasteiger partial charge is 0.468 e. The molecule has 0 aliphatic heterocycles. The smallest absolute Gasteiger partial charge is 0.320 e. The lowest BCUT2D eigenvalue weighted by Crippen LogP contribution is -2.31. The molecule has 0 saturated heterocycles. The number of ether oxygens (including phenoxy) is 2. The van der Waals surface area contributed by atoms with Gasteiger partial charge in [-0.05, 0) is 37.0 Å². The molecule has 0 aliphatic rings. The number of hydrogen-bond acceptors (Lipinski definition) is 5. The highest BCUT2D eigenvalue weighted by Gasteiger charge is 2.36.